The summed E-state index contributed by atoms with van der Waals surface area (Å²) in [5.41, 5.74) is 5.49. The number of carboxylic acid groups (broad SMARTS) is 3. The van der Waals surface area contributed by atoms with Crippen LogP contribution in [0.15, 0.2) is 0 Å². The molecule has 0 aromatic carbocycles. The molecule has 0 bridgehead atoms. The van der Waals surface area contributed by atoms with Crippen LogP contribution < -0.4 is 21.7 Å². The molecule has 0 rings (SSSR count). The molecule has 0 heterocycles. The number of aliphatic hydroxyl groups is 1. The smallest absolute Gasteiger partial charge is 0.326 e. The van der Waals surface area contributed by atoms with Crippen LogP contribution in [0.5, 0.6) is 0 Å². The van der Waals surface area contributed by atoms with Gasteiger partial charge in [0.05, 0.1) is 25.0 Å². The molecular formula is C18H30N4O10. The van der Waals surface area contributed by atoms with Crippen LogP contribution in [0.3, 0.4) is 0 Å². The molecule has 182 valence electrons. The van der Waals surface area contributed by atoms with Crippen molar-refractivity contribution in [2.45, 2.75) is 70.3 Å². The van der Waals surface area contributed by atoms with E-state index in [9.17, 15) is 33.9 Å². The first-order chi connectivity index (χ1) is 14.6. The van der Waals surface area contributed by atoms with Crippen LogP contribution in [-0.2, 0) is 28.8 Å². The third-order valence-electron chi connectivity index (χ3n) is 4.13. The first kappa shape index (κ1) is 28.7. The maximum Gasteiger partial charge on any atom is 0.326 e. The normalized spacial score (nSPS) is 15.6. The zero-order chi connectivity index (χ0) is 25.2. The van der Waals surface area contributed by atoms with Gasteiger partial charge in [-0.05, 0) is 19.3 Å². The van der Waals surface area contributed by atoms with Gasteiger partial charge in [-0.15, -0.1) is 0 Å². The van der Waals surface area contributed by atoms with E-state index in [1.807, 2.05) is 5.32 Å². The summed E-state index contributed by atoms with van der Waals surface area (Å²) in [7, 11) is 0. The maximum atomic E-state index is 12.7. The van der Waals surface area contributed by atoms with Gasteiger partial charge in [0.25, 0.3) is 0 Å². The van der Waals surface area contributed by atoms with E-state index in [1.54, 1.807) is 13.8 Å². The molecule has 0 aromatic heterocycles. The molecule has 0 radical (unpaired) electrons. The van der Waals surface area contributed by atoms with Gasteiger partial charge in [-0.3, -0.25) is 24.0 Å². The van der Waals surface area contributed by atoms with Gasteiger partial charge in [0, 0.05) is 0 Å². The first-order valence-electron chi connectivity index (χ1n) is 9.66. The molecule has 9 N–H and O–H groups in total. The van der Waals surface area contributed by atoms with Crippen molar-refractivity contribution in [3.63, 3.8) is 0 Å². The summed E-state index contributed by atoms with van der Waals surface area (Å²) in [6.45, 7) is 4.59. The lowest BCUT2D eigenvalue weighted by Crippen LogP contribution is -2.60. The minimum Gasteiger partial charge on any atom is -0.481 e. The van der Waals surface area contributed by atoms with Gasteiger partial charge in [-0.25, -0.2) is 4.79 Å². The van der Waals surface area contributed by atoms with Gasteiger partial charge in [-0.2, -0.15) is 0 Å². The van der Waals surface area contributed by atoms with E-state index in [-0.39, 0.29) is 12.3 Å². The van der Waals surface area contributed by atoms with Crippen LogP contribution in [0.4, 0.5) is 0 Å². The van der Waals surface area contributed by atoms with Crippen LogP contribution in [0.2, 0.25) is 0 Å². The molecule has 0 aromatic rings. The zero-order valence-electron chi connectivity index (χ0n) is 17.9. The number of aliphatic carboxylic acids is 3. The molecule has 0 aliphatic carbocycles. The van der Waals surface area contributed by atoms with E-state index >= 15 is 0 Å². The van der Waals surface area contributed by atoms with E-state index in [1.165, 1.54) is 0 Å². The van der Waals surface area contributed by atoms with E-state index in [0.717, 1.165) is 6.92 Å². The van der Waals surface area contributed by atoms with Gasteiger partial charge in [0.2, 0.25) is 17.7 Å². The molecule has 0 aliphatic rings. The van der Waals surface area contributed by atoms with Gasteiger partial charge >= 0.3 is 17.9 Å². The third-order valence-corrected chi connectivity index (χ3v) is 4.13. The van der Waals surface area contributed by atoms with Crippen LogP contribution >= 0.6 is 0 Å². The lowest BCUT2D eigenvalue weighted by Gasteiger charge is -2.27. The van der Waals surface area contributed by atoms with Gasteiger partial charge in [-0.1, -0.05) is 13.8 Å². The predicted molar refractivity (Wildman–Crippen MR) is 107 cm³/mol. The zero-order valence-corrected chi connectivity index (χ0v) is 17.9. The fraction of sp³-hybridized carbons (Fsp3) is 0.667. The second kappa shape index (κ2) is 13.2. The molecule has 0 aliphatic heterocycles. The van der Waals surface area contributed by atoms with E-state index in [0.29, 0.717) is 0 Å². The number of hydrogen-bond donors (Lipinski definition) is 8. The molecule has 0 unspecified atom stereocenters. The average Bonchev–Trinajstić information content (AvgIpc) is 2.62. The number of carboxylic acids is 3. The third kappa shape index (κ3) is 10.7. The Balaban J connectivity index is 5.45. The van der Waals surface area contributed by atoms with Gasteiger partial charge in [0.15, 0.2) is 0 Å². The average molecular weight is 462 g/mol. The summed E-state index contributed by atoms with van der Waals surface area (Å²) in [4.78, 5) is 69.9. The van der Waals surface area contributed by atoms with Crippen molar-refractivity contribution in [2.24, 2.45) is 11.7 Å². The molecular weight excluding hydrogens is 432 g/mol. The van der Waals surface area contributed by atoms with Crippen LogP contribution in [-0.4, -0.2) is 86.3 Å². The van der Waals surface area contributed by atoms with Crippen LogP contribution in [0, 0.1) is 5.92 Å². The van der Waals surface area contributed by atoms with Crippen molar-refractivity contribution in [3.05, 3.63) is 0 Å². The first-order valence-corrected chi connectivity index (χ1v) is 9.66. The minimum atomic E-state index is -1.81. The van der Waals surface area contributed by atoms with Crippen molar-refractivity contribution in [3.8, 4) is 0 Å². The highest BCUT2D eigenvalue weighted by Crippen LogP contribution is 2.07. The maximum absolute atomic E-state index is 12.7. The van der Waals surface area contributed by atoms with E-state index in [2.05, 4.69) is 10.6 Å². The Morgan fingerprint density at radius 2 is 1.25 bits per heavy atom. The number of carbonyl (C=O) groups is 6. The quantitative estimate of drug-likeness (QED) is 0.131. The minimum absolute atomic E-state index is 0.0717. The van der Waals surface area contributed by atoms with Crippen molar-refractivity contribution in [2.75, 3.05) is 0 Å². The molecule has 32 heavy (non-hydrogen) atoms. The van der Waals surface area contributed by atoms with Gasteiger partial charge < -0.3 is 42.1 Å². The van der Waals surface area contributed by atoms with Crippen molar-refractivity contribution >= 4 is 35.6 Å². The van der Waals surface area contributed by atoms with Gasteiger partial charge in [0.1, 0.15) is 18.1 Å². The Bertz CT molecular complexity index is 725. The summed E-state index contributed by atoms with van der Waals surface area (Å²) >= 11 is 0. The van der Waals surface area contributed by atoms with E-state index in [4.69, 9.17) is 21.1 Å². The summed E-state index contributed by atoms with van der Waals surface area (Å²) in [5, 5.41) is 42.8. The van der Waals surface area contributed by atoms with Crippen LogP contribution in [0.25, 0.3) is 0 Å². The molecule has 0 saturated heterocycles. The largest absolute Gasteiger partial charge is 0.481 e. The van der Waals surface area contributed by atoms with Crippen molar-refractivity contribution < 1.29 is 49.2 Å². The second-order valence-electron chi connectivity index (χ2n) is 7.62. The number of nitrogens with two attached hydrogens (primary N) is 1. The number of aliphatic hydroxyl groups excluding tert-OH is 1. The standard InChI is InChI=1S/C18H30N4O10/c1-7(2)4-10(20-15(28)9(19)5-12(24)25)16(29)22-14(8(3)23)17(30)21-11(18(31)32)6-13(26)27/h7-11,14,23H,4-6,19H2,1-3H3,(H,20,28)(H,21,30)(H,22,29)(H,24,25)(H,26,27)(H,31,32)/t8-,9+,10+,11+,14+/m1/s1. The summed E-state index contributed by atoms with van der Waals surface area (Å²) in [5.74, 6) is -7.56. The molecule has 14 nitrogen and oxygen atoms in total. The summed E-state index contributed by atoms with van der Waals surface area (Å²) < 4.78 is 0. The number of hydrogen-bond acceptors (Lipinski definition) is 8. The lowest BCUT2D eigenvalue weighted by molar-refractivity contribution is -0.148. The highest BCUT2D eigenvalue weighted by molar-refractivity contribution is 5.95. The highest BCUT2D eigenvalue weighted by atomic mass is 16.4. The number of amides is 3. The highest BCUT2D eigenvalue weighted by Gasteiger charge is 2.33. The topological polar surface area (TPSA) is 245 Å². The van der Waals surface area contributed by atoms with Crippen LogP contribution in [0.1, 0.15) is 40.0 Å². The second-order valence-corrected chi connectivity index (χ2v) is 7.62. The fourth-order valence-electron chi connectivity index (χ4n) is 2.56. The predicted octanol–water partition coefficient (Wildman–Crippen LogP) is -2.77. The Hall–Kier alpha value is -3.26. The Morgan fingerprint density at radius 3 is 1.66 bits per heavy atom. The Kier molecular flexibility index (Phi) is 11.9. The Morgan fingerprint density at radius 1 is 0.750 bits per heavy atom. The SMILES string of the molecule is CC(C)C[C@H](NC(=O)[C@@H](N)CC(=O)O)C(=O)N[C@H](C(=O)N[C@@H](CC(=O)O)C(=O)O)[C@@H](C)O. The molecule has 5 atom stereocenters. The lowest BCUT2D eigenvalue weighted by atomic mass is 10.0. The molecule has 3 amide bonds. The summed E-state index contributed by atoms with van der Waals surface area (Å²) in [6, 6.07) is -6.15. The Labute approximate surface area is 183 Å². The monoisotopic (exact) mass is 462 g/mol. The van der Waals surface area contributed by atoms with E-state index < -0.39 is 78.7 Å². The number of nitrogens with one attached hydrogen (secondary N) is 3. The molecule has 14 heteroatoms. The van der Waals surface area contributed by atoms with Crippen molar-refractivity contribution in [1.82, 2.24) is 16.0 Å². The molecule has 0 saturated carbocycles. The molecule has 0 spiro atoms. The molecule has 0 fully saturated rings. The van der Waals surface area contributed by atoms with Crippen molar-refractivity contribution in [1.29, 1.82) is 0 Å². The number of rotatable bonds is 14. The summed E-state index contributed by atoms with van der Waals surface area (Å²) in [6.07, 6.45) is -3.05. The fourth-order valence-corrected chi connectivity index (χ4v) is 2.56. The number of carbonyl (C=O) groups excluding carboxylic acids is 3.